The lowest BCUT2D eigenvalue weighted by Crippen LogP contribution is -1.95. The number of rotatable bonds is 2. The minimum atomic E-state index is 0.221. The Morgan fingerprint density at radius 3 is 2.78 bits per heavy atom. The summed E-state index contributed by atoms with van der Waals surface area (Å²) in [5.74, 6) is 0.659. The molecule has 0 saturated carbocycles. The van der Waals surface area contributed by atoms with Crippen LogP contribution in [0.5, 0.6) is 0 Å². The van der Waals surface area contributed by atoms with Crippen molar-refractivity contribution in [2.45, 2.75) is 0 Å². The van der Waals surface area contributed by atoms with E-state index in [2.05, 4.69) is 20.3 Å². The molecular weight excluding hydrogens is 248 g/mol. The molecule has 0 atom stereocenters. The summed E-state index contributed by atoms with van der Waals surface area (Å²) in [4.78, 5) is 12.2. The van der Waals surface area contributed by atoms with Gasteiger partial charge in [-0.2, -0.15) is 0 Å². The zero-order chi connectivity index (χ0) is 12.4. The lowest BCUT2D eigenvalue weighted by Gasteiger charge is -2.08. The first-order valence-electron chi connectivity index (χ1n) is 5.42. The molecule has 18 heavy (non-hydrogen) atoms. The Hall–Kier alpha value is -2.20. The largest absolute Gasteiger partial charge is 0.340 e. The molecule has 4 nitrogen and oxygen atoms in total. The Kier molecular flexibility index (Phi) is 2.78. The van der Waals surface area contributed by atoms with Gasteiger partial charge in [0.25, 0.3) is 0 Å². The Labute approximate surface area is 109 Å². The van der Waals surface area contributed by atoms with E-state index in [1.165, 1.54) is 0 Å². The van der Waals surface area contributed by atoms with Crippen molar-refractivity contribution in [2.75, 3.05) is 5.32 Å². The predicted octanol–water partition coefficient (Wildman–Crippen LogP) is 3.42. The molecule has 0 bridgehead atoms. The minimum Gasteiger partial charge on any atom is -0.340 e. The van der Waals surface area contributed by atoms with E-state index in [0.29, 0.717) is 5.82 Å². The Balaban J connectivity index is 2.05. The minimum absolute atomic E-state index is 0.221. The van der Waals surface area contributed by atoms with Crippen molar-refractivity contribution in [1.82, 2.24) is 15.0 Å². The lowest BCUT2D eigenvalue weighted by molar-refractivity contribution is 1.17. The maximum atomic E-state index is 5.75. The Morgan fingerprint density at radius 1 is 0.944 bits per heavy atom. The van der Waals surface area contributed by atoms with Crippen molar-refractivity contribution in [3.63, 3.8) is 0 Å². The second-order valence-corrected chi connectivity index (χ2v) is 4.05. The van der Waals surface area contributed by atoms with Crippen molar-refractivity contribution in [1.29, 1.82) is 0 Å². The molecule has 5 heteroatoms. The van der Waals surface area contributed by atoms with Gasteiger partial charge in [-0.1, -0.05) is 6.07 Å². The molecule has 0 fully saturated rings. The third kappa shape index (κ3) is 2.10. The molecule has 3 aromatic rings. The molecule has 0 radical (unpaired) electrons. The summed E-state index contributed by atoms with van der Waals surface area (Å²) in [6.07, 6.45) is 3.38. The smallest absolute Gasteiger partial charge is 0.224 e. The molecule has 0 aliphatic carbocycles. The highest BCUT2D eigenvalue weighted by Crippen LogP contribution is 2.24. The van der Waals surface area contributed by atoms with E-state index >= 15 is 0 Å². The fourth-order valence-corrected chi connectivity index (χ4v) is 1.90. The molecule has 88 valence electrons. The van der Waals surface area contributed by atoms with Crippen LogP contribution in [0, 0.1) is 0 Å². The monoisotopic (exact) mass is 256 g/mol. The van der Waals surface area contributed by atoms with Crippen LogP contribution in [-0.2, 0) is 0 Å². The first-order chi connectivity index (χ1) is 8.83. The lowest BCUT2D eigenvalue weighted by atomic mass is 10.2. The number of anilines is 2. The normalized spacial score (nSPS) is 10.5. The van der Waals surface area contributed by atoms with Crippen LogP contribution in [0.1, 0.15) is 0 Å². The first-order valence-corrected chi connectivity index (χ1v) is 5.80. The maximum absolute atomic E-state index is 5.75. The van der Waals surface area contributed by atoms with Crippen LogP contribution in [-0.4, -0.2) is 15.0 Å². The number of aromatic nitrogens is 3. The summed E-state index contributed by atoms with van der Waals surface area (Å²) in [5.41, 5.74) is 1.87. The van der Waals surface area contributed by atoms with Crippen LogP contribution in [0.15, 0.2) is 48.8 Å². The van der Waals surface area contributed by atoms with Gasteiger partial charge in [0.1, 0.15) is 5.82 Å². The SMILES string of the molecule is Clc1nccc(Nc2cccc3ncccc23)n1. The van der Waals surface area contributed by atoms with E-state index in [1.54, 1.807) is 18.5 Å². The van der Waals surface area contributed by atoms with Crippen LogP contribution >= 0.6 is 11.6 Å². The van der Waals surface area contributed by atoms with Crippen LogP contribution in [0.2, 0.25) is 5.28 Å². The van der Waals surface area contributed by atoms with Gasteiger partial charge < -0.3 is 5.32 Å². The summed E-state index contributed by atoms with van der Waals surface area (Å²) < 4.78 is 0. The van der Waals surface area contributed by atoms with Gasteiger partial charge >= 0.3 is 0 Å². The number of fused-ring (bicyclic) bond motifs is 1. The number of nitrogens with zero attached hydrogens (tertiary/aromatic N) is 3. The van der Waals surface area contributed by atoms with E-state index in [0.717, 1.165) is 16.6 Å². The summed E-state index contributed by atoms with van der Waals surface area (Å²) >= 11 is 5.75. The van der Waals surface area contributed by atoms with Crippen molar-refractivity contribution in [3.05, 3.63) is 54.1 Å². The van der Waals surface area contributed by atoms with Crippen LogP contribution in [0.4, 0.5) is 11.5 Å². The Bertz CT molecular complexity index is 694. The van der Waals surface area contributed by atoms with E-state index in [1.807, 2.05) is 30.3 Å². The molecule has 1 aromatic carbocycles. The summed E-state index contributed by atoms with van der Waals surface area (Å²) in [5, 5.41) is 4.47. The molecule has 0 saturated heterocycles. The van der Waals surface area contributed by atoms with Crippen molar-refractivity contribution >= 4 is 34.0 Å². The van der Waals surface area contributed by atoms with Crippen LogP contribution in [0.3, 0.4) is 0 Å². The third-order valence-electron chi connectivity index (χ3n) is 2.53. The topological polar surface area (TPSA) is 50.7 Å². The number of nitrogens with one attached hydrogen (secondary N) is 1. The van der Waals surface area contributed by atoms with Crippen LogP contribution in [0.25, 0.3) is 10.9 Å². The quantitative estimate of drug-likeness (QED) is 0.714. The van der Waals surface area contributed by atoms with E-state index in [4.69, 9.17) is 11.6 Å². The average Bonchev–Trinajstić information content (AvgIpc) is 2.39. The molecule has 1 N–H and O–H groups in total. The third-order valence-corrected chi connectivity index (χ3v) is 2.72. The number of benzene rings is 1. The van der Waals surface area contributed by atoms with E-state index in [9.17, 15) is 0 Å². The van der Waals surface area contributed by atoms with Gasteiger partial charge in [0.15, 0.2) is 0 Å². The second kappa shape index (κ2) is 4.58. The van der Waals surface area contributed by atoms with Crippen molar-refractivity contribution in [2.24, 2.45) is 0 Å². The standard InChI is InChI=1S/C13H9ClN4/c14-13-16-8-6-12(18-13)17-11-5-1-4-10-9(11)3-2-7-15-10/h1-8H,(H,16,17,18). The molecule has 0 aliphatic rings. The fourth-order valence-electron chi connectivity index (χ4n) is 1.75. The second-order valence-electron chi connectivity index (χ2n) is 3.71. The number of hydrogen-bond acceptors (Lipinski definition) is 4. The predicted molar refractivity (Wildman–Crippen MR) is 72.1 cm³/mol. The van der Waals surface area contributed by atoms with Crippen molar-refractivity contribution < 1.29 is 0 Å². The summed E-state index contributed by atoms with van der Waals surface area (Å²) in [6, 6.07) is 11.6. The number of pyridine rings is 1. The highest BCUT2D eigenvalue weighted by Gasteiger charge is 2.02. The van der Waals surface area contributed by atoms with Gasteiger partial charge in [0.2, 0.25) is 5.28 Å². The summed E-state index contributed by atoms with van der Waals surface area (Å²) in [7, 11) is 0. The Morgan fingerprint density at radius 2 is 1.89 bits per heavy atom. The molecule has 0 amide bonds. The number of halogens is 1. The van der Waals surface area contributed by atoms with E-state index < -0.39 is 0 Å². The maximum Gasteiger partial charge on any atom is 0.224 e. The van der Waals surface area contributed by atoms with Crippen molar-refractivity contribution in [3.8, 4) is 0 Å². The van der Waals surface area contributed by atoms with Gasteiger partial charge in [-0.3, -0.25) is 4.98 Å². The van der Waals surface area contributed by atoms with Gasteiger partial charge in [-0.25, -0.2) is 9.97 Å². The summed E-state index contributed by atoms with van der Waals surface area (Å²) in [6.45, 7) is 0. The highest BCUT2D eigenvalue weighted by molar-refractivity contribution is 6.28. The molecular formula is C13H9ClN4. The van der Waals surface area contributed by atoms with Gasteiger partial charge in [-0.15, -0.1) is 0 Å². The van der Waals surface area contributed by atoms with Gasteiger partial charge in [0, 0.05) is 23.5 Å². The van der Waals surface area contributed by atoms with Gasteiger partial charge in [-0.05, 0) is 41.9 Å². The van der Waals surface area contributed by atoms with Crippen LogP contribution < -0.4 is 5.32 Å². The molecule has 0 unspecified atom stereocenters. The highest BCUT2D eigenvalue weighted by atomic mass is 35.5. The zero-order valence-corrected chi connectivity index (χ0v) is 10.1. The molecule has 2 aromatic heterocycles. The first kappa shape index (κ1) is 10.9. The van der Waals surface area contributed by atoms with E-state index in [-0.39, 0.29) is 5.28 Å². The average molecular weight is 257 g/mol. The number of hydrogen-bond donors (Lipinski definition) is 1. The zero-order valence-electron chi connectivity index (χ0n) is 9.34. The fraction of sp³-hybridized carbons (Fsp3) is 0. The molecule has 3 rings (SSSR count). The van der Waals surface area contributed by atoms with Gasteiger partial charge in [0.05, 0.1) is 5.52 Å². The molecule has 2 heterocycles. The molecule has 0 spiro atoms. The molecule has 0 aliphatic heterocycles.